The van der Waals surface area contributed by atoms with Crippen molar-refractivity contribution in [3.05, 3.63) is 22.7 Å². The minimum absolute atomic E-state index is 0.436. The van der Waals surface area contributed by atoms with Crippen LogP contribution in [0.25, 0.3) is 0 Å². The number of nitrogens with zero attached hydrogens (tertiary/aromatic N) is 1. The van der Waals surface area contributed by atoms with Crippen molar-refractivity contribution in [3.8, 4) is 6.07 Å². The predicted molar refractivity (Wildman–Crippen MR) is 44.5 cm³/mol. The van der Waals surface area contributed by atoms with E-state index in [1.165, 1.54) is 0 Å². The van der Waals surface area contributed by atoms with E-state index in [9.17, 15) is 0 Å². The van der Waals surface area contributed by atoms with Crippen LogP contribution in [-0.4, -0.2) is 0 Å². The first-order chi connectivity index (χ1) is 4.83. The molecular formula is C8H8BrN. The third-order valence-corrected chi connectivity index (χ3v) is 2.08. The molecule has 0 heterocycles. The zero-order chi connectivity index (χ0) is 7.40. The maximum Gasteiger partial charge on any atom is 0.0628 e. The molecule has 0 aromatic heterocycles. The van der Waals surface area contributed by atoms with Crippen molar-refractivity contribution in [3.63, 3.8) is 0 Å². The second kappa shape index (κ2) is 3.58. The molecular weight excluding hydrogens is 190 g/mol. The molecule has 1 aliphatic carbocycles. The summed E-state index contributed by atoms with van der Waals surface area (Å²) in [6.45, 7) is 0. The summed E-state index contributed by atoms with van der Waals surface area (Å²) >= 11 is 3.36. The van der Waals surface area contributed by atoms with Crippen LogP contribution in [0, 0.1) is 17.2 Å². The first-order valence-corrected chi connectivity index (χ1v) is 4.03. The van der Waals surface area contributed by atoms with E-state index >= 15 is 0 Å². The van der Waals surface area contributed by atoms with Gasteiger partial charge in [0.1, 0.15) is 0 Å². The van der Waals surface area contributed by atoms with Gasteiger partial charge in [-0.05, 0) is 12.3 Å². The molecule has 2 heteroatoms. The molecule has 0 radical (unpaired) electrons. The van der Waals surface area contributed by atoms with E-state index in [2.05, 4.69) is 34.2 Å². The Balaban J connectivity index is 2.46. The molecule has 1 rings (SSSR count). The van der Waals surface area contributed by atoms with Gasteiger partial charge in [-0.2, -0.15) is 5.26 Å². The first-order valence-electron chi connectivity index (χ1n) is 3.23. The maximum atomic E-state index is 8.37. The van der Waals surface area contributed by atoms with E-state index < -0.39 is 0 Å². The second-order valence-electron chi connectivity index (χ2n) is 2.31. The molecule has 0 fully saturated rings. The summed E-state index contributed by atoms with van der Waals surface area (Å²) in [5.41, 5.74) is 0. The SMILES string of the molecule is N#CC[C@H]1C=CC(Br)=CC1. The molecule has 0 bridgehead atoms. The van der Waals surface area contributed by atoms with Crippen LogP contribution >= 0.6 is 15.9 Å². The molecule has 0 amide bonds. The van der Waals surface area contributed by atoms with Crippen molar-refractivity contribution in [2.45, 2.75) is 12.8 Å². The molecule has 0 aromatic rings. The molecule has 1 aliphatic rings. The first kappa shape index (κ1) is 7.56. The minimum atomic E-state index is 0.436. The lowest BCUT2D eigenvalue weighted by atomic mass is 9.98. The summed E-state index contributed by atoms with van der Waals surface area (Å²) in [6, 6.07) is 2.16. The Kier molecular flexibility index (Phi) is 2.70. The van der Waals surface area contributed by atoms with Gasteiger partial charge in [0.2, 0.25) is 0 Å². The number of hydrogen-bond donors (Lipinski definition) is 0. The molecule has 1 nitrogen and oxygen atoms in total. The Morgan fingerprint density at radius 3 is 3.10 bits per heavy atom. The second-order valence-corrected chi connectivity index (χ2v) is 3.22. The third-order valence-electron chi connectivity index (χ3n) is 1.50. The minimum Gasteiger partial charge on any atom is -0.198 e. The molecule has 1 atom stereocenters. The Bertz CT molecular complexity index is 210. The Labute approximate surface area is 69.2 Å². The zero-order valence-electron chi connectivity index (χ0n) is 5.55. The highest BCUT2D eigenvalue weighted by atomic mass is 79.9. The lowest BCUT2D eigenvalue weighted by Gasteiger charge is -2.08. The van der Waals surface area contributed by atoms with Crippen LogP contribution in [0.3, 0.4) is 0 Å². The quantitative estimate of drug-likeness (QED) is 0.635. The number of allylic oxidation sites excluding steroid dienone is 4. The van der Waals surface area contributed by atoms with Crippen LogP contribution in [0.2, 0.25) is 0 Å². The van der Waals surface area contributed by atoms with Crippen molar-refractivity contribution >= 4 is 15.9 Å². The van der Waals surface area contributed by atoms with Gasteiger partial charge in [-0.25, -0.2) is 0 Å². The van der Waals surface area contributed by atoms with Crippen molar-refractivity contribution in [1.82, 2.24) is 0 Å². The van der Waals surface area contributed by atoms with Crippen molar-refractivity contribution in [2.24, 2.45) is 5.92 Å². The van der Waals surface area contributed by atoms with Crippen LogP contribution in [0.1, 0.15) is 12.8 Å². The lowest BCUT2D eigenvalue weighted by molar-refractivity contribution is 0.675. The zero-order valence-corrected chi connectivity index (χ0v) is 7.13. The number of hydrogen-bond acceptors (Lipinski definition) is 1. The van der Waals surface area contributed by atoms with Gasteiger partial charge in [-0.3, -0.25) is 0 Å². The van der Waals surface area contributed by atoms with Crippen molar-refractivity contribution in [1.29, 1.82) is 5.26 Å². The van der Waals surface area contributed by atoms with Gasteiger partial charge < -0.3 is 0 Å². The van der Waals surface area contributed by atoms with Gasteiger partial charge in [0, 0.05) is 10.9 Å². The average molecular weight is 198 g/mol. The normalized spacial score (nSPS) is 23.6. The summed E-state index contributed by atoms with van der Waals surface area (Å²) in [5.74, 6) is 0.436. The highest BCUT2D eigenvalue weighted by Crippen LogP contribution is 2.21. The van der Waals surface area contributed by atoms with Crippen molar-refractivity contribution < 1.29 is 0 Å². The summed E-state index contributed by atoms with van der Waals surface area (Å²) < 4.78 is 1.13. The van der Waals surface area contributed by atoms with E-state index in [0.717, 1.165) is 10.9 Å². The van der Waals surface area contributed by atoms with Gasteiger partial charge in [-0.15, -0.1) is 0 Å². The topological polar surface area (TPSA) is 23.8 Å². The number of nitriles is 1. The monoisotopic (exact) mass is 197 g/mol. The Morgan fingerprint density at radius 1 is 1.80 bits per heavy atom. The average Bonchev–Trinajstić information content (AvgIpc) is 1.95. The Morgan fingerprint density at radius 2 is 2.60 bits per heavy atom. The van der Waals surface area contributed by atoms with Crippen molar-refractivity contribution in [2.75, 3.05) is 0 Å². The number of rotatable bonds is 1. The molecule has 0 aromatic carbocycles. The fraction of sp³-hybridized carbons (Fsp3) is 0.375. The molecule has 0 saturated heterocycles. The summed E-state index contributed by atoms with van der Waals surface area (Å²) in [4.78, 5) is 0. The van der Waals surface area contributed by atoms with Gasteiger partial charge in [0.25, 0.3) is 0 Å². The molecule has 10 heavy (non-hydrogen) atoms. The lowest BCUT2D eigenvalue weighted by Crippen LogP contribution is -1.96. The highest BCUT2D eigenvalue weighted by Gasteiger charge is 2.05. The maximum absolute atomic E-state index is 8.37. The van der Waals surface area contributed by atoms with Crippen LogP contribution in [0.4, 0.5) is 0 Å². The molecule has 0 spiro atoms. The third kappa shape index (κ3) is 2.00. The largest absolute Gasteiger partial charge is 0.198 e. The predicted octanol–water partition coefficient (Wildman–Crippen LogP) is 2.75. The van der Waals surface area contributed by atoms with Gasteiger partial charge in [-0.1, -0.05) is 34.2 Å². The van der Waals surface area contributed by atoms with Crippen LogP contribution in [-0.2, 0) is 0 Å². The van der Waals surface area contributed by atoms with E-state index in [4.69, 9.17) is 5.26 Å². The van der Waals surface area contributed by atoms with E-state index in [1.807, 2.05) is 6.08 Å². The smallest absolute Gasteiger partial charge is 0.0628 e. The molecule has 0 aliphatic heterocycles. The van der Waals surface area contributed by atoms with Gasteiger partial charge in [0.15, 0.2) is 0 Å². The summed E-state index contributed by atoms with van der Waals surface area (Å²) in [6.07, 6.45) is 7.80. The van der Waals surface area contributed by atoms with Crippen LogP contribution in [0.5, 0.6) is 0 Å². The summed E-state index contributed by atoms with van der Waals surface area (Å²) in [5, 5.41) is 8.37. The van der Waals surface area contributed by atoms with Gasteiger partial charge >= 0.3 is 0 Å². The van der Waals surface area contributed by atoms with Crippen LogP contribution in [0.15, 0.2) is 22.7 Å². The fourth-order valence-corrected chi connectivity index (χ4v) is 1.25. The molecule has 0 N–H and O–H groups in total. The van der Waals surface area contributed by atoms with E-state index in [1.54, 1.807) is 0 Å². The molecule has 52 valence electrons. The van der Waals surface area contributed by atoms with Crippen LogP contribution < -0.4 is 0 Å². The number of halogens is 1. The molecule has 0 saturated carbocycles. The fourth-order valence-electron chi connectivity index (χ4n) is 0.907. The van der Waals surface area contributed by atoms with E-state index in [0.29, 0.717) is 12.3 Å². The van der Waals surface area contributed by atoms with Gasteiger partial charge in [0.05, 0.1) is 6.07 Å². The van der Waals surface area contributed by atoms with E-state index in [-0.39, 0.29) is 0 Å². The standard InChI is InChI=1S/C8H8BrN/c9-8-3-1-7(2-4-8)5-6-10/h1,3-4,7H,2,5H2/t7-/m0/s1. The Hall–Kier alpha value is -0.550. The molecule has 0 unspecified atom stereocenters. The summed E-state index contributed by atoms with van der Waals surface area (Å²) in [7, 11) is 0. The highest BCUT2D eigenvalue weighted by molar-refractivity contribution is 9.11.